The Labute approximate surface area is 80.4 Å². The third kappa shape index (κ3) is 1.86. The molecule has 0 atom stereocenters. The maximum atomic E-state index is 9.60. The Morgan fingerprint density at radius 2 is 1.67 bits per heavy atom. The maximum Gasteiger partial charge on any atom is 0.140 e. The van der Waals surface area contributed by atoms with E-state index in [0.717, 1.165) is 0 Å². The van der Waals surface area contributed by atoms with Crippen molar-refractivity contribution in [3.8, 4) is 0 Å². The third-order valence-electron chi connectivity index (χ3n) is 1.37. The standard InChI is InChI=1S/C7H8Cl2N2O/c1-7(2,12)4-5(8)10-3-11-6(4)9/h3,12H,1-2H3. The fraction of sp³-hybridized carbons (Fsp3) is 0.429. The van der Waals surface area contributed by atoms with E-state index in [1.54, 1.807) is 13.8 Å². The molecule has 0 radical (unpaired) electrons. The summed E-state index contributed by atoms with van der Waals surface area (Å²) in [4.78, 5) is 7.43. The van der Waals surface area contributed by atoms with Crippen LogP contribution in [0, 0.1) is 0 Å². The summed E-state index contributed by atoms with van der Waals surface area (Å²) in [7, 11) is 0. The molecule has 1 rings (SSSR count). The fourth-order valence-corrected chi connectivity index (χ4v) is 1.63. The fourth-order valence-electron chi connectivity index (χ4n) is 0.849. The molecule has 0 saturated carbocycles. The van der Waals surface area contributed by atoms with Gasteiger partial charge in [-0.15, -0.1) is 0 Å². The lowest BCUT2D eigenvalue weighted by molar-refractivity contribution is 0.0780. The summed E-state index contributed by atoms with van der Waals surface area (Å²) in [5, 5.41) is 9.97. The molecule has 0 amide bonds. The van der Waals surface area contributed by atoms with Crippen molar-refractivity contribution in [1.82, 2.24) is 9.97 Å². The van der Waals surface area contributed by atoms with E-state index in [0.29, 0.717) is 5.56 Å². The highest BCUT2D eigenvalue weighted by atomic mass is 35.5. The Morgan fingerprint density at radius 3 is 1.92 bits per heavy atom. The van der Waals surface area contributed by atoms with Gasteiger partial charge < -0.3 is 5.11 Å². The van der Waals surface area contributed by atoms with Crippen LogP contribution >= 0.6 is 23.2 Å². The zero-order valence-electron chi connectivity index (χ0n) is 6.67. The first-order valence-electron chi connectivity index (χ1n) is 3.32. The second-order valence-corrected chi connectivity index (χ2v) is 3.61. The first-order chi connectivity index (χ1) is 5.43. The topological polar surface area (TPSA) is 46.0 Å². The molecule has 0 spiro atoms. The van der Waals surface area contributed by atoms with Crippen molar-refractivity contribution >= 4 is 23.2 Å². The molecule has 0 aliphatic carbocycles. The van der Waals surface area contributed by atoms with E-state index in [2.05, 4.69) is 9.97 Å². The molecule has 0 aliphatic rings. The largest absolute Gasteiger partial charge is 0.386 e. The number of halogens is 2. The van der Waals surface area contributed by atoms with E-state index >= 15 is 0 Å². The zero-order valence-corrected chi connectivity index (χ0v) is 8.19. The minimum atomic E-state index is -1.12. The lowest BCUT2D eigenvalue weighted by Crippen LogP contribution is -2.17. The van der Waals surface area contributed by atoms with Gasteiger partial charge in [-0.25, -0.2) is 9.97 Å². The van der Waals surface area contributed by atoms with Gasteiger partial charge in [0.2, 0.25) is 0 Å². The first-order valence-corrected chi connectivity index (χ1v) is 4.07. The Kier molecular flexibility index (Phi) is 2.56. The van der Waals surface area contributed by atoms with E-state index in [9.17, 15) is 5.11 Å². The molecule has 1 aromatic heterocycles. The second kappa shape index (κ2) is 3.17. The molecule has 0 unspecified atom stereocenters. The molecule has 0 bridgehead atoms. The van der Waals surface area contributed by atoms with Gasteiger partial charge >= 0.3 is 0 Å². The molecular weight excluding hydrogens is 199 g/mol. The van der Waals surface area contributed by atoms with E-state index < -0.39 is 5.60 Å². The quantitative estimate of drug-likeness (QED) is 0.716. The van der Waals surface area contributed by atoms with Crippen molar-refractivity contribution < 1.29 is 5.11 Å². The van der Waals surface area contributed by atoms with Crippen molar-refractivity contribution in [1.29, 1.82) is 0 Å². The highest BCUT2D eigenvalue weighted by Crippen LogP contribution is 2.30. The summed E-state index contributed by atoms with van der Waals surface area (Å²) in [6.45, 7) is 3.15. The number of hydrogen-bond acceptors (Lipinski definition) is 3. The summed E-state index contributed by atoms with van der Waals surface area (Å²) >= 11 is 11.4. The Bertz CT molecular complexity index is 276. The number of aromatic nitrogens is 2. The van der Waals surface area contributed by atoms with Crippen molar-refractivity contribution in [2.45, 2.75) is 19.4 Å². The highest BCUT2D eigenvalue weighted by molar-refractivity contribution is 6.34. The molecule has 1 heterocycles. The predicted octanol–water partition coefficient (Wildman–Crippen LogP) is 2.01. The van der Waals surface area contributed by atoms with Gasteiger partial charge in [-0.1, -0.05) is 23.2 Å². The number of rotatable bonds is 1. The van der Waals surface area contributed by atoms with Gasteiger partial charge in [0.25, 0.3) is 0 Å². The molecule has 0 fully saturated rings. The van der Waals surface area contributed by atoms with Crippen LogP contribution in [0.25, 0.3) is 0 Å². The molecule has 5 heteroatoms. The summed E-state index contributed by atoms with van der Waals surface area (Å²) in [6.07, 6.45) is 1.25. The number of aliphatic hydroxyl groups is 1. The van der Waals surface area contributed by atoms with Crippen molar-refractivity contribution in [3.05, 3.63) is 22.2 Å². The van der Waals surface area contributed by atoms with Crippen LogP contribution in [0.1, 0.15) is 19.4 Å². The Morgan fingerprint density at radius 1 is 1.25 bits per heavy atom. The van der Waals surface area contributed by atoms with Crippen LogP contribution in [0.3, 0.4) is 0 Å². The Balaban J connectivity index is 3.31. The summed E-state index contributed by atoms with van der Waals surface area (Å²) in [5.41, 5.74) is -0.761. The van der Waals surface area contributed by atoms with Gasteiger partial charge in [-0.3, -0.25) is 0 Å². The molecular formula is C7H8Cl2N2O. The van der Waals surface area contributed by atoms with Crippen LogP contribution < -0.4 is 0 Å². The van der Waals surface area contributed by atoms with Crippen LogP contribution in [-0.2, 0) is 5.60 Å². The monoisotopic (exact) mass is 206 g/mol. The average Bonchev–Trinajstić information content (AvgIpc) is 1.82. The van der Waals surface area contributed by atoms with Crippen LogP contribution in [0.2, 0.25) is 10.3 Å². The van der Waals surface area contributed by atoms with Crippen molar-refractivity contribution in [2.75, 3.05) is 0 Å². The molecule has 0 saturated heterocycles. The van der Waals surface area contributed by atoms with Crippen LogP contribution in [0.4, 0.5) is 0 Å². The van der Waals surface area contributed by atoms with E-state index in [1.165, 1.54) is 6.33 Å². The summed E-state index contributed by atoms with van der Waals surface area (Å²) < 4.78 is 0. The second-order valence-electron chi connectivity index (χ2n) is 2.89. The molecule has 1 N–H and O–H groups in total. The van der Waals surface area contributed by atoms with Gasteiger partial charge in [0.15, 0.2) is 0 Å². The first kappa shape index (κ1) is 9.71. The van der Waals surface area contributed by atoms with E-state index in [1.807, 2.05) is 0 Å². The smallest absolute Gasteiger partial charge is 0.140 e. The lowest BCUT2D eigenvalue weighted by Gasteiger charge is -2.18. The van der Waals surface area contributed by atoms with Gasteiger partial charge in [0.1, 0.15) is 16.6 Å². The number of nitrogens with zero attached hydrogens (tertiary/aromatic N) is 2. The van der Waals surface area contributed by atoms with Gasteiger partial charge in [-0.2, -0.15) is 0 Å². The highest BCUT2D eigenvalue weighted by Gasteiger charge is 2.24. The summed E-state index contributed by atoms with van der Waals surface area (Å²) in [5.74, 6) is 0. The minimum Gasteiger partial charge on any atom is -0.386 e. The normalized spacial score (nSPS) is 11.8. The van der Waals surface area contributed by atoms with Crippen LogP contribution in [0.5, 0.6) is 0 Å². The van der Waals surface area contributed by atoms with E-state index in [4.69, 9.17) is 23.2 Å². The average molecular weight is 207 g/mol. The molecule has 3 nitrogen and oxygen atoms in total. The lowest BCUT2D eigenvalue weighted by atomic mass is 10.0. The number of hydrogen-bond donors (Lipinski definition) is 1. The Hall–Kier alpha value is -0.380. The molecule has 0 aromatic carbocycles. The molecule has 66 valence electrons. The maximum absolute atomic E-state index is 9.60. The predicted molar refractivity (Wildman–Crippen MR) is 47.3 cm³/mol. The zero-order chi connectivity index (χ0) is 9.35. The molecule has 0 aliphatic heterocycles. The third-order valence-corrected chi connectivity index (χ3v) is 1.94. The molecule has 1 aromatic rings. The molecule has 12 heavy (non-hydrogen) atoms. The SMILES string of the molecule is CC(C)(O)c1c(Cl)ncnc1Cl. The van der Waals surface area contributed by atoms with Crippen LogP contribution in [0.15, 0.2) is 6.33 Å². The van der Waals surface area contributed by atoms with Gasteiger partial charge in [-0.05, 0) is 13.8 Å². The van der Waals surface area contributed by atoms with Crippen molar-refractivity contribution in [2.24, 2.45) is 0 Å². The van der Waals surface area contributed by atoms with E-state index in [-0.39, 0.29) is 10.3 Å². The van der Waals surface area contributed by atoms with Gasteiger partial charge in [0.05, 0.1) is 11.2 Å². The van der Waals surface area contributed by atoms with Crippen LogP contribution in [-0.4, -0.2) is 15.1 Å². The van der Waals surface area contributed by atoms with Gasteiger partial charge in [0, 0.05) is 0 Å². The summed E-state index contributed by atoms with van der Waals surface area (Å²) in [6, 6.07) is 0. The minimum absolute atomic E-state index is 0.183. The van der Waals surface area contributed by atoms with Crippen molar-refractivity contribution in [3.63, 3.8) is 0 Å².